The summed E-state index contributed by atoms with van der Waals surface area (Å²) in [5, 5.41) is 3.20. The molecule has 2 saturated heterocycles. The van der Waals surface area contributed by atoms with Crippen molar-refractivity contribution >= 4 is 0 Å². The third-order valence-electron chi connectivity index (χ3n) is 3.18. The van der Waals surface area contributed by atoms with E-state index in [0.29, 0.717) is 6.10 Å². The summed E-state index contributed by atoms with van der Waals surface area (Å²) in [6, 6.07) is 0. The molecule has 0 aliphatic carbocycles. The minimum Gasteiger partial charge on any atom is -0.381 e. The van der Waals surface area contributed by atoms with Gasteiger partial charge < -0.3 is 19.5 Å². The van der Waals surface area contributed by atoms with Gasteiger partial charge in [-0.25, -0.2) is 0 Å². The highest BCUT2D eigenvalue weighted by molar-refractivity contribution is 4.85. The molecule has 0 saturated carbocycles. The van der Waals surface area contributed by atoms with Crippen LogP contribution in [0, 0.1) is 0 Å². The number of hydrogen-bond donors (Lipinski definition) is 1. The smallest absolute Gasteiger partial charge is 0.0958 e. The first kappa shape index (κ1) is 11.3. The van der Waals surface area contributed by atoms with Gasteiger partial charge in [-0.3, -0.25) is 0 Å². The Bertz CT molecular complexity index is 183. The second-order valence-electron chi connectivity index (χ2n) is 4.32. The zero-order valence-corrected chi connectivity index (χ0v) is 9.46. The van der Waals surface area contributed by atoms with Gasteiger partial charge in [-0.15, -0.1) is 0 Å². The van der Waals surface area contributed by atoms with Gasteiger partial charge in [-0.1, -0.05) is 0 Å². The Balaban J connectivity index is 1.80. The third-order valence-corrected chi connectivity index (χ3v) is 3.18. The fourth-order valence-corrected chi connectivity index (χ4v) is 2.03. The molecule has 0 aromatic carbocycles. The molecule has 0 amide bonds. The molecular formula is C11H21NO3. The van der Waals surface area contributed by atoms with E-state index in [1.807, 2.05) is 6.92 Å². The molecule has 0 aromatic rings. The van der Waals surface area contributed by atoms with Gasteiger partial charge in [0.25, 0.3) is 0 Å². The van der Waals surface area contributed by atoms with Crippen molar-refractivity contribution in [1.82, 2.24) is 5.32 Å². The van der Waals surface area contributed by atoms with Crippen molar-refractivity contribution in [2.75, 3.05) is 39.5 Å². The minimum absolute atomic E-state index is 0.0808. The normalized spacial score (nSPS) is 26.2. The highest BCUT2D eigenvalue weighted by atomic mass is 16.6. The standard InChI is InChI=1S/C11H21NO3/c1-2-15-11(3-5-13-6-4-11)9-14-10-7-12-8-10/h10,12H,2-9H2,1H3. The summed E-state index contributed by atoms with van der Waals surface area (Å²) in [7, 11) is 0. The fourth-order valence-electron chi connectivity index (χ4n) is 2.03. The first-order valence-corrected chi connectivity index (χ1v) is 5.89. The molecule has 2 aliphatic heterocycles. The Labute approximate surface area is 91.3 Å². The largest absolute Gasteiger partial charge is 0.381 e. The van der Waals surface area contributed by atoms with E-state index >= 15 is 0 Å². The summed E-state index contributed by atoms with van der Waals surface area (Å²) in [5.41, 5.74) is -0.0808. The van der Waals surface area contributed by atoms with Gasteiger partial charge in [0.2, 0.25) is 0 Å². The molecule has 0 bridgehead atoms. The van der Waals surface area contributed by atoms with Crippen LogP contribution >= 0.6 is 0 Å². The minimum atomic E-state index is -0.0808. The average Bonchev–Trinajstić information content (AvgIpc) is 2.17. The molecule has 0 spiro atoms. The van der Waals surface area contributed by atoms with Crippen LogP contribution in [0.4, 0.5) is 0 Å². The van der Waals surface area contributed by atoms with Crippen LogP contribution in [-0.4, -0.2) is 51.2 Å². The molecule has 4 nitrogen and oxygen atoms in total. The van der Waals surface area contributed by atoms with Gasteiger partial charge >= 0.3 is 0 Å². The van der Waals surface area contributed by atoms with Crippen molar-refractivity contribution in [2.45, 2.75) is 31.5 Å². The maximum Gasteiger partial charge on any atom is 0.0958 e. The summed E-state index contributed by atoms with van der Waals surface area (Å²) < 4.78 is 17.1. The van der Waals surface area contributed by atoms with E-state index in [1.165, 1.54) is 0 Å². The Kier molecular flexibility index (Phi) is 3.97. The predicted octanol–water partition coefficient (Wildman–Crippen LogP) is 0.560. The van der Waals surface area contributed by atoms with E-state index in [0.717, 1.165) is 52.4 Å². The number of ether oxygens (including phenoxy) is 3. The van der Waals surface area contributed by atoms with Crippen LogP contribution in [0.3, 0.4) is 0 Å². The molecule has 0 radical (unpaired) electrons. The lowest BCUT2D eigenvalue weighted by Crippen LogP contribution is -2.52. The molecule has 4 heteroatoms. The predicted molar refractivity (Wildman–Crippen MR) is 57.0 cm³/mol. The molecule has 2 fully saturated rings. The molecule has 0 unspecified atom stereocenters. The van der Waals surface area contributed by atoms with Crippen molar-refractivity contribution in [3.05, 3.63) is 0 Å². The lowest BCUT2D eigenvalue weighted by Gasteiger charge is -2.39. The van der Waals surface area contributed by atoms with Crippen LogP contribution < -0.4 is 5.32 Å². The van der Waals surface area contributed by atoms with Crippen molar-refractivity contribution in [1.29, 1.82) is 0 Å². The molecule has 0 aromatic heterocycles. The summed E-state index contributed by atoms with van der Waals surface area (Å²) in [6.45, 7) is 7.08. The van der Waals surface area contributed by atoms with Gasteiger partial charge in [0.1, 0.15) is 0 Å². The van der Waals surface area contributed by atoms with Crippen LogP contribution in [-0.2, 0) is 14.2 Å². The van der Waals surface area contributed by atoms with Gasteiger partial charge in [0.15, 0.2) is 0 Å². The summed E-state index contributed by atoms with van der Waals surface area (Å²) in [6.07, 6.45) is 2.31. The maximum absolute atomic E-state index is 5.86. The molecule has 88 valence electrons. The second-order valence-corrected chi connectivity index (χ2v) is 4.32. The Morgan fingerprint density at radius 3 is 2.60 bits per heavy atom. The van der Waals surface area contributed by atoms with E-state index in [2.05, 4.69) is 5.32 Å². The van der Waals surface area contributed by atoms with Crippen LogP contribution in [0.15, 0.2) is 0 Å². The van der Waals surface area contributed by atoms with E-state index < -0.39 is 0 Å². The highest BCUT2D eigenvalue weighted by Crippen LogP contribution is 2.26. The zero-order valence-electron chi connectivity index (χ0n) is 9.46. The highest BCUT2D eigenvalue weighted by Gasteiger charge is 2.35. The topological polar surface area (TPSA) is 39.7 Å². The van der Waals surface area contributed by atoms with Crippen LogP contribution in [0.25, 0.3) is 0 Å². The molecule has 1 N–H and O–H groups in total. The van der Waals surface area contributed by atoms with Crippen molar-refractivity contribution in [2.24, 2.45) is 0 Å². The SMILES string of the molecule is CCOC1(COC2CNC2)CCOCC1. The second kappa shape index (κ2) is 5.25. The van der Waals surface area contributed by atoms with Gasteiger partial charge in [0, 0.05) is 45.8 Å². The Hall–Kier alpha value is -0.160. The van der Waals surface area contributed by atoms with Crippen molar-refractivity contribution in [3.8, 4) is 0 Å². The fraction of sp³-hybridized carbons (Fsp3) is 1.00. The van der Waals surface area contributed by atoms with E-state index in [-0.39, 0.29) is 5.60 Å². The lowest BCUT2D eigenvalue weighted by atomic mass is 9.95. The van der Waals surface area contributed by atoms with E-state index in [9.17, 15) is 0 Å². The van der Waals surface area contributed by atoms with Gasteiger partial charge in [-0.2, -0.15) is 0 Å². The molecule has 2 heterocycles. The maximum atomic E-state index is 5.86. The monoisotopic (exact) mass is 215 g/mol. The summed E-state index contributed by atoms with van der Waals surface area (Å²) >= 11 is 0. The van der Waals surface area contributed by atoms with Crippen LogP contribution in [0.2, 0.25) is 0 Å². The molecule has 2 rings (SSSR count). The molecule has 0 atom stereocenters. The molecule has 15 heavy (non-hydrogen) atoms. The van der Waals surface area contributed by atoms with Gasteiger partial charge in [-0.05, 0) is 6.92 Å². The summed E-state index contributed by atoms with van der Waals surface area (Å²) in [4.78, 5) is 0. The third kappa shape index (κ3) is 2.91. The molecular weight excluding hydrogens is 194 g/mol. The lowest BCUT2D eigenvalue weighted by molar-refractivity contribution is -0.157. The van der Waals surface area contributed by atoms with Gasteiger partial charge in [0.05, 0.1) is 18.3 Å². The summed E-state index contributed by atoms with van der Waals surface area (Å²) in [5.74, 6) is 0. The van der Waals surface area contributed by atoms with Crippen molar-refractivity contribution in [3.63, 3.8) is 0 Å². The zero-order chi connectivity index (χ0) is 10.6. The Morgan fingerprint density at radius 1 is 1.33 bits per heavy atom. The Morgan fingerprint density at radius 2 is 2.07 bits per heavy atom. The quantitative estimate of drug-likeness (QED) is 0.727. The average molecular weight is 215 g/mol. The number of nitrogens with one attached hydrogen (secondary N) is 1. The first-order chi connectivity index (χ1) is 7.35. The number of rotatable bonds is 5. The van der Waals surface area contributed by atoms with Crippen molar-refractivity contribution < 1.29 is 14.2 Å². The van der Waals surface area contributed by atoms with Crippen LogP contribution in [0.1, 0.15) is 19.8 Å². The van der Waals surface area contributed by atoms with E-state index in [4.69, 9.17) is 14.2 Å². The molecule has 2 aliphatic rings. The first-order valence-electron chi connectivity index (χ1n) is 5.89. The number of hydrogen-bond acceptors (Lipinski definition) is 4. The van der Waals surface area contributed by atoms with Crippen LogP contribution in [0.5, 0.6) is 0 Å². The van der Waals surface area contributed by atoms with E-state index in [1.54, 1.807) is 0 Å².